The van der Waals surface area contributed by atoms with Crippen molar-refractivity contribution >= 4 is 28.9 Å². The number of hydrogen-bond donors (Lipinski definition) is 0. The Balaban J connectivity index is 1.82. The summed E-state index contributed by atoms with van der Waals surface area (Å²) in [4.78, 5) is 38.2. The Kier molecular flexibility index (Phi) is 6.56. The maximum absolute atomic E-state index is 12.6. The molecule has 0 bridgehead atoms. The van der Waals surface area contributed by atoms with Gasteiger partial charge in [-0.15, -0.1) is 0 Å². The van der Waals surface area contributed by atoms with Gasteiger partial charge in [-0.05, 0) is 43.2 Å². The standard InChI is InChI=1S/C22H28N2O5/c1-15(25)23-12-10-16(11-13-23)8-9-18(21(26)28-2)19-14-24(22(27)29-3)20-7-5-4-6-17(19)20/h4-7,14,16,18H,8-13H2,1-3H3. The number of aromatic nitrogens is 1. The Morgan fingerprint density at radius 1 is 1.10 bits per heavy atom. The van der Waals surface area contributed by atoms with Crippen molar-refractivity contribution in [3.63, 3.8) is 0 Å². The van der Waals surface area contributed by atoms with Gasteiger partial charge in [-0.2, -0.15) is 0 Å². The number of ether oxygens (including phenoxy) is 2. The van der Waals surface area contributed by atoms with Gasteiger partial charge in [0, 0.05) is 31.6 Å². The first-order valence-corrected chi connectivity index (χ1v) is 9.97. The topological polar surface area (TPSA) is 77.8 Å². The smallest absolute Gasteiger partial charge is 0.418 e. The third kappa shape index (κ3) is 4.44. The van der Waals surface area contributed by atoms with Gasteiger partial charge in [-0.25, -0.2) is 4.79 Å². The number of amides is 1. The van der Waals surface area contributed by atoms with Crippen molar-refractivity contribution in [2.75, 3.05) is 27.3 Å². The number of esters is 1. The van der Waals surface area contributed by atoms with Gasteiger partial charge in [0.05, 0.1) is 25.7 Å². The van der Waals surface area contributed by atoms with E-state index >= 15 is 0 Å². The van der Waals surface area contributed by atoms with E-state index in [9.17, 15) is 14.4 Å². The summed E-state index contributed by atoms with van der Waals surface area (Å²) in [5.74, 6) is -0.182. The summed E-state index contributed by atoms with van der Waals surface area (Å²) < 4.78 is 11.4. The Bertz CT molecular complexity index is 896. The number of nitrogens with zero attached hydrogens (tertiary/aromatic N) is 2. The zero-order valence-corrected chi connectivity index (χ0v) is 17.2. The van der Waals surface area contributed by atoms with E-state index in [0.717, 1.165) is 43.3 Å². The van der Waals surface area contributed by atoms with Crippen molar-refractivity contribution < 1.29 is 23.9 Å². The minimum Gasteiger partial charge on any atom is -0.469 e. The van der Waals surface area contributed by atoms with Crippen LogP contribution < -0.4 is 0 Å². The van der Waals surface area contributed by atoms with Crippen molar-refractivity contribution in [2.45, 2.75) is 38.5 Å². The summed E-state index contributed by atoms with van der Waals surface area (Å²) in [5.41, 5.74) is 1.48. The summed E-state index contributed by atoms with van der Waals surface area (Å²) in [6.45, 7) is 3.14. The number of para-hydroxylation sites is 1. The molecule has 2 aromatic rings. The van der Waals surface area contributed by atoms with Crippen molar-refractivity contribution in [3.8, 4) is 0 Å². The number of hydrogen-bond acceptors (Lipinski definition) is 5. The number of piperidine rings is 1. The van der Waals surface area contributed by atoms with E-state index in [1.807, 2.05) is 29.2 Å². The molecule has 0 saturated carbocycles. The molecule has 1 aromatic heterocycles. The maximum Gasteiger partial charge on any atom is 0.418 e. The molecule has 0 radical (unpaired) electrons. The minimum absolute atomic E-state index is 0.117. The largest absolute Gasteiger partial charge is 0.469 e. The molecule has 1 aromatic carbocycles. The highest BCUT2D eigenvalue weighted by Gasteiger charge is 2.29. The zero-order chi connectivity index (χ0) is 21.0. The van der Waals surface area contributed by atoms with Crippen molar-refractivity contribution in [1.29, 1.82) is 0 Å². The first-order valence-electron chi connectivity index (χ1n) is 9.97. The molecule has 1 saturated heterocycles. The van der Waals surface area contributed by atoms with Gasteiger partial charge < -0.3 is 14.4 Å². The summed E-state index contributed by atoms with van der Waals surface area (Å²) in [5, 5.41) is 0.847. The summed E-state index contributed by atoms with van der Waals surface area (Å²) in [6, 6.07) is 7.48. The molecule has 0 aliphatic carbocycles. The van der Waals surface area contributed by atoms with E-state index < -0.39 is 12.0 Å². The molecule has 7 nitrogen and oxygen atoms in total. The van der Waals surface area contributed by atoms with E-state index in [1.54, 1.807) is 13.1 Å². The molecule has 2 heterocycles. The number of methoxy groups -OCH3 is 2. The van der Waals surface area contributed by atoms with Crippen LogP contribution in [-0.2, 0) is 19.1 Å². The first kappa shape index (κ1) is 20.9. The predicted octanol–water partition coefficient (Wildman–Crippen LogP) is 3.55. The molecule has 1 unspecified atom stereocenters. The fourth-order valence-electron chi connectivity index (χ4n) is 4.21. The summed E-state index contributed by atoms with van der Waals surface area (Å²) in [6.07, 6.45) is 4.58. The summed E-state index contributed by atoms with van der Waals surface area (Å²) >= 11 is 0. The first-order chi connectivity index (χ1) is 14.0. The van der Waals surface area contributed by atoms with Crippen LogP contribution in [0.3, 0.4) is 0 Å². The number of benzene rings is 1. The third-order valence-corrected chi connectivity index (χ3v) is 5.90. The lowest BCUT2D eigenvalue weighted by Crippen LogP contribution is -2.37. The average molecular weight is 400 g/mol. The summed E-state index contributed by atoms with van der Waals surface area (Å²) in [7, 11) is 2.72. The number of carbonyl (C=O) groups is 3. The van der Waals surface area contributed by atoms with E-state index in [4.69, 9.17) is 9.47 Å². The lowest BCUT2D eigenvalue weighted by atomic mass is 9.86. The van der Waals surface area contributed by atoms with Gasteiger partial charge in [-0.3, -0.25) is 14.2 Å². The molecule has 7 heteroatoms. The molecule has 0 spiro atoms. The number of rotatable bonds is 5. The maximum atomic E-state index is 12.6. The van der Waals surface area contributed by atoms with E-state index in [1.165, 1.54) is 18.8 Å². The SMILES string of the molecule is COC(=O)C(CCC1CCN(C(C)=O)CC1)c1cn(C(=O)OC)c2ccccc12. The molecule has 1 amide bonds. The Labute approximate surface area is 170 Å². The molecule has 1 aliphatic heterocycles. The fourth-order valence-corrected chi connectivity index (χ4v) is 4.21. The van der Waals surface area contributed by atoms with Crippen LogP contribution in [0.4, 0.5) is 4.79 Å². The van der Waals surface area contributed by atoms with Crippen LogP contribution in [0.2, 0.25) is 0 Å². The molecule has 1 fully saturated rings. The van der Waals surface area contributed by atoms with Gasteiger partial charge in [0.15, 0.2) is 0 Å². The Hall–Kier alpha value is -2.83. The van der Waals surface area contributed by atoms with Crippen LogP contribution in [0.5, 0.6) is 0 Å². The highest BCUT2D eigenvalue weighted by atomic mass is 16.5. The Morgan fingerprint density at radius 2 is 1.79 bits per heavy atom. The van der Waals surface area contributed by atoms with Gasteiger partial charge in [-0.1, -0.05) is 18.2 Å². The monoisotopic (exact) mass is 400 g/mol. The molecular weight excluding hydrogens is 372 g/mol. The second-order valence-corrected chi connectivity index (χ2v) is 7.54. The number of fused-ring (bicyclic) bond motifs is 1. The van der Waals surface area contributed by atoms with Crippen LogP contribution in [0.15, 0.2) is 30.5 Å². The van der Waals surface area contributed by atoms with Gasteiger partial charge in [0.1, 0.15) is 0 Å². The minimum atomic E-state index is -0.493. The molecule has 3 rings (SSSR count). The molecule has 0 N–H and O–H groups in total. The normalized spacial score (nSPS) is 15.9. The lowest BCUT2D eigenvalue weighted by molar-refractivity contribution is -0.142. The molecule has 29 heavy (non-hydrogen) atoms. The predicted molar refractivity (Wildman–Crippen MR) is 109 cm³/mol. The van der Waals surface area contributed by atoms with Gasteiger partial charge in [0.2, 0.25) is 5.91 Å². The zero-order valence-electron chi connectivity index (χ0n) is 17.2. The van der Waals surface area contributed by atoms with Gasteiger partial charge >= 0.3 is 12.1 Å². The third-order valence-electron chi connectivity index (χ3n) is 5.90. The van der Waals surface area contributed by atoms with E-state index in [2.05, 4.69) is 0 Å². The average Bonchev–Trinajstić information content (AvgIpc) is 3.13. The number of likely N-dealkylation sites (tertiary alicyclic amines) is 1. The van der Waals surface area contributed by atoms with Crippen LogP contribution in [0, 0.1) is 5.92 Å². The second kappa shape index (κ2) is 9.11. The second-order valence-electron chi connectivity index (χ2n) is 7.54. The van der Waals surface area contributed by atoms with Crippen LogP contribution in [0.25, 0.3) is 10.9 Å². The quantitative estimate of drug-likeness (QED) is 0.717. The highest BCUT2D eigenvalue weighted by Crippen LogP contribution is 2.34. The van der Waals surface area contributed by atoms with Crippen LogP contribution >= 0.6 is 0 Å². The highest BCUT2D eigenvalue weighted by molar-refractivity contribution is 5.95. The number of carbonyl (C=O) groups excluding carboxylic acids is 3. The molecule has 156 valence electrons. The van der Waals surface area contributed by atoms with E-state index in [-0.39, 0.29) is 11.9 Å². The molecule has 1 atom stereocenters. The van der Waals surface area contributed by atoms with Crippen molar-refractivity contribution in [2.24, 2.45) is 5.92 Å². The Morgan fingerprint density at radius 3 is 2.41 bits per heavy atom. The van der Waals surface area contributed by atoms with E-state index in [0.29, 0.717) is 17.9 Å². The van der Waals surface area contributed by atoms with Crippen molar-refractivity contribution in [1.82, 2.24) is 9.47 Å². The van der Waals surface area contributed by atoms with Crippen LogP contribution in [0.1, 0.15) is 44.1 Å². The van der Waals surface area contributed by atoms with Gasteiger partial charge in [0.25, 0.3) is 0 Å². The fraction of sp³-hybridized carbons (Fsp3) is 0.500. The molecule has 1 aliphatic rings. The van der Waals surface area contributed by atoms with Crippen LogP contribution in [-0.4, -0.2) is 54.7 Å². The lowest BCUT2D eigenvalue weighted by Gasteiger charge is -2.31. The van der Waals surface area contributed by atoms with Crippen molar-refractivity contribution in [3.05, 3.63) is 36.0 Å². The molecular formula is C22H28N2O5.